The van der Waals surface area contributed by atoms with Crippen LogP contribution in [-0.4, -0.2) is 62.0 Å². The Balaban J connectivity index is 1.96. The molecule has 27 heavy (non-hydrogen) atoms. The third kappa shape index (κ3) is 6.32. The average Bonchev–Trinajstić information content (AvgIpc) is 2.62. The fourth-order valence-electron chi connectivity index (χ4n) is 3.06. The molecule has 0 spiro atoms. The first kappa shape index (κ1) is 21.4. The normalized spacial score (nSPS) is 15.8. The molecule has 1 aromatic carbocycles. The summed E-state index contributed by atoms with van der Waals surface area (Å²) in [5.74, 6) is -0.649. The Bertz CT molecular complexity index is 753. The predicted molar refractivity (Wildman–Crippen MR) is 102 cm³/mol. The number of hydrogen-bond acceptors (Lipinski definition) is 5. The van der Waals surface area contributed by atoms with Crippen LogP contribution in [0, 0.1) is 12.8 Å². The number of ether oxygens (including phenoxy) is 1. The molecule has 1 aliphatic heterocycles. The van der Waals surface area contributed by atoms with Crippen molar-refractivity contribution in [2.24, 2.45) is 5.92 Å². The third-order valence-electron chi connectivity index (χ3n) is 4.73. The van der Waals surface area contributed by atoms with Crippen molar-refractivity contribution in [3.63, 3.8) is 0 Å². The number of amides is 1. The van der Waals surface area contributed by atoms with Gasteiger partial charge in [-0.3, -0.25) is 9.59 Å². The first-order valence-electron chi connectivity index (χ1n) is 9.15. The summed E-state index contributed by atoms with van der Waals surface area (Å²) in [5, 5.41) is 0. The minimum atomic E-state index is -3.53. The van der Waals surface area contributed by atoms with Crippen LogP contribution in [0.15, 0.2) is 24.3 Å². The van der Waals surface area contributed by atoms with Crippen LogP contribution in [0.1, 0.15) is 30.9 Å². The largest absolute Gasteiger partial charge is 0.466 e. The molecule has 1 fully saturated rings. The second-order valence-corrected chi connectivity index (χ2v) is 8.91. The van der Waals surface area contributed by atoms with Crippen molar-refractivity contribution in [2.75, 3.05) is 32.5 Å². The van der Waals surface area contributed by atoms with Crippen LogP contribution in [0.3, 0.4) is 0 Å². The van der Waals surface area contributed by atoms with E-state index < -0.39 is 10.0 Å². The van der Waals surface area contributed by atoms with Crippen LogP contribution in [0.2, 0.25) is 0 Å². The maximum Gasteiger partial charge on any atom is 0.309 e. The molecule has 1 aliphatic rings. The highest BCUT2D eigenvalue weighted by molar-refractivity contribution is 7.88. The number of aryl methyl sites for hydroxylation is 1. The maximum atomic E-state index is 12.6. The molecule has 0 N–H and O–H groups in total. The number of sulfonamides is 1. The van der Waals surface area contributed by atoms with Crippen LogP contribution in [0.5, 0.6) is 0 Å². The van der Waals surface area contributed by atoms with Gasteiger partial charge in [0.25, 0.3) is 0 Å². The Morgan fingerprint density at radius 1 is 1.19 bits per heavy atom. The quantitative estimate of drug-likeness (QED) is 0.653. The van der Waals surface area contributed by atoms with E-state index in [2.05, 4.69) is 0 Å². The molecule has 0 radical (unpaired) electrons. The van der Waals surface area contributed by atoms with E-state index >= 15 is 0 Å². The molecule has 0 aliphatic carbocycles. The van der Waals surface area contributed by atoms with E-state index in [0.29, 0.717) is 32.5 Å². The molecular formula is C19H28N2O5S. The van der Waals surface area contributed by atoms with E-state index in [1.807, 2.05) is 31.2 Å². The molecule has 1 saturated heterocycles. The summed E-state index contributed by atoms with van der Waals surface area (Å²) in [6.07, 6.45) is 2.20. The zero-order valence-electron chi connectivity index (χ0n) is 16.2. The molecule has 0 saturated carbocycles. The van der Waals surface area contributed by atoms with Crippen molar-refractivity contribution >= 4 is 21.9 Å². The summed E-state index contributed by atoms with van der Waals surface area (Å²) >= 11 is 0. The van der Waals surface area contributed by atoms with Crippen LogP contribution in [0.4, 0.5) is 0 Å². The Hall–Kier alpha value is -1.93. The lowest BCUT2D eigenvalue weighted by molar-refractivity contribution is -0.151. The lowest BCUT2D eigenvalue weighted by Gasteiger charge is -2.32. The number of piperidine rings is 1. The molecule has 0 aromatic heterocycles. The van der Waals surface area contributed by atoms with Gasteiger partial charge >= 0.3 is 5.97 Å². The first-order chi connectivity index (χ1) is 12.7. The van der Waals surface area contributed by atoms with Gasteiger partial charge in [0, 0.05) is 19.6 Å². The highest BCUT2D eigenvalue weighted by Gasteiger charge is 2.30. The Kier molecular flexibility index (Phi) is 7.38. The third-order valence-corrected chi connectivity index (χ3v) is 5.92. The molecule has 1 amide bonds. The Morgan fingerprint density at radius 3 is 2.30 bits per heavy atom. The second-order valence-electron chi connectivity index (χ2n) is 6.92. The van der Waals surface area contributed by atoms with Gasteiger partial charge in [0.05, 0.1) is 25.3 Å². The van der Waals surface area contributed by atoms with Gasteiger partial charge in [0.15, 0.2) is 0 Å². The molecule has 2 rings (SSSR count). The standard InChI is InChI=1S/C19H28N2O5S/c1-4-26-19(23)17-9-11-20(12-10-17)18(22)14-21(27(3,24)25)13-16-7-5-15(2)6-8-16/h5-8,17H,4,9-14H2,1-3H3. The molecule has 1 aromatic rings. The summed E-state index contributed by atoms with van der Waals surface area (Å²) in [6, 6.07) is 7.56. The highest BCUT2D eigenvalue weighted by atomic mass is 32.2. The van der Waals surface area contributed by atoms with E-state index in [1.54, 1.807) is 11.8 Å². The van der Waals surface area contributed by atoms with Gasteiger partial charge in [0.2, 0.25) is 15.9 Å². The predicted octanol–water partition coefficient (Wildman–Crippen LogP) is 1.56. The summed E-state index contributed by atoms with van der Waals surface area (Å²) in [7, 11) is -3.53. The molecule has 150 valence electrons. The van der Waals surface area contributed by atoms with E-state index in [0.717, 1.165) is 17.4 Å². The van der Waals surface area contributed by atoms with Crippen LogP contribution >= 0.6 is 0 Å². The highest BCUT2D eigenvalue weighted by Crippen LogP contribution is 2.19. The maximum absolute atomic E-state index is 12.6. The van der Waals surface area contributed by atoms with Gasteiger partial charge in [-0.05, 0) is 32.3 Å². The van der Waals surface area contributed by atoms with E-state index in [-0.39, 0.29) is 30.9 Å². The van der Waals surface area contributed by atoms with Crippen molar-refractivity contribution < 1.29 is 22.7 Å². The summed E-state index contributed by atoms with van der Waals surface area (Å²) in [4.78, 5) is 26.0. The zero-order chi connectivity index (χ0) is 20.0. The number of carbonyl (C=O) groups excluding carboxylic acids is 2. The molecule has 0 bridgehead atoms. The van der Waals surface area contributed by atoms with E-state index in [4.69, 9.17) is 4.74 Å². The fraction of sp³-hybridized carbons (Fsp3) is 0.579. The SMILES string of the molecule is CCOC(=O)C1CCN(C(=O)CN(Cc2ccc(C)cc2)S(C)(=O)=O)CC1. The number of rotatable bonds is 7. The Morgan fingerprint density at radius 2 is 1.78 bits per heavy atom. The molecule has 0 atom stereocenters. The smallest absolute Gasteiger partial charge is 0.309 e. The van der Waals surface area contributed by atoms with Gasteiger partial charge in [-0.15, -0.1) is 0 Å². The minimum absolute atomic E-state index is 0.157. The average molecular weight is 397 g/mol. The van der Waals surface area contributed by atoms with Gasteiger partial charge in [-0.2, -0.15) is 4.31 Å². The molecular weight excluding hydrogens is 368 g/mol. The van der Waals surface area contributed by atoms with Crippen molar-refractivity contribution in [1.82, 2.24) is 9.21 Å². The summed E-state index contributed by atoms with van der Waals surface area (Å²) < 4.78 is 30.5. The number of carbonyl (C=O) groups is 2. The molecule has 7 nitrogen and oxygen atoms in total. The first-order valence-corrected chi connectivity index (χ1v) is 11.0. The van der Waals surface area contributed by atoms with Crippen molar-refractivity contribution in [2.45, 2.75) is 33.2 Å². The summed E-state index contributed by atoms with van der Waals surface area (Å²) in [6.45, 7) is 4.90. The lowest BCUT2D eigenvalue weighted by atomic mass is 9.97. The number of benzene rings is 1. The number of likely N-dealkylation sites (tertiary alicyclic amines) is 1. The fourth-order valence-corrected chi connectivity index (χ4v) is 3.79. The number of nitrogens with zero attached hydrogens (tertiary/aromatic N) is 2. The number of esters is 1. The molecule has 0 unspecified atom stereocenters. The van der Waals surface area contributed by atoms with E-state index in [1.165, 1.54) is 4.31 Å². The van der Waals surface area contributed by atoms with Gasteiger partial charge in [-0.1, -0.05) is 29.8 Å². The molecule has 8 heteroatoms. The van der Waals surface area contributed by atoms with E-state index in [9.17, 15) is 18.0 Å². The van der Waals surface area contributed by atoms with Gasteiger partial charge < -0.3 is 9.64 Å². The zero-order valence-corrected chi connectivity index (χ0v) is 17.0. The monoisotopic (exact) mass is 396 g/mol. The van der Waals surface area contributed by atoms with Crippen LogP contribution in [0.25, 0.3) is 0 Å². The minimum Gasteiger partial charge on any atom is -0.466 e. The van der Waals surface area contributed by atoms with Crippen molar-refractivity contribution in [3.8, 4) is 0 Å². The lowest BCUT2D eigenvalue weighted by Crippen LogP contribution is -2.46. The second kappa shape index (κ2) is 9.32. The topological polar surface area (TPSA) is 84.0 Å². The van der Waals surface area contributed by atoms with Crippen LogP contribution in [-0.2, 0) is 30.9 Å². The number of hydrogen-bond donors (Lipinski definition) is 0. The van der Waals surface area contributed by atoms with Crippen LogP contribution < -0.4 is 0 Å². The molecule has 1 heterocycles. The van der Waals surface area contributed by atoms with Gasteiger partial charge in [-0.25, -0.2) is 8.42 Å². The van der Waals surface area contributed by atoms with Gasteiger partial charge in [0.1, 0.15) is 0 Å². The van der Waals surface area contributed by atoms with Crippen molar-refractivity contribution in [1.29, 1.82) is 0 Å². The van der Waals surface area contributed by atoms with Crippen molar-refractivity contribution in [3.05, 3.63) is 35.4 Å². The summed E-state index contributed by atoms with van der Waals surface area (Å²) in [5.41, 5.74) is 1.92. The Labute approximate surface area is 161 Å².